The molecule has 0 saturated carbocycles. The second-order valence-electron chi connectivity index (χ2n) is 6.70. The van der Waals surface area contributed by atoms with Gasteiger partial charge < -0.3 is 9.64 Å². The predicted molar refractivity (Wildman–Crippen MR) is 107 cm³/mol. The normalized spacial score (nSPS) is 13.8. The van der Waals surface area contributed by atoms with Crippen LogP contribution in [0.1, 0.15) is 17.5 Å². The zero-order valence-corrected chi connectivity index (χ0v) is 16.6. The van der Waals surface area contributed by atoms with E-state index < -0.39 is 10.0 Å². The van der Waals surface area contributed by atoms with Gasteiger partial charge in [-0.3, -0.25) is 9.10 Å². The van der Waals surface area contributed by atoms with E-state index in [9.17, 15) is 13.2 Å². The van der Waals surface area contributed by atoms with E-state index in [1.54, 1.807) is 24.1 Å². The molecule has 1 aliphatic heterocycles. The fourth-order valence-corrected chi connectivity index (χ4v) is 4.30. The lowest BCUT2D eigenvalue weighted by molar-refractivity contribution is -0.117. The van der Waals surface area contributed by atoms with Crippen LogP contribution < -0.4 is 13.9 Å². The van der Waals surface area contributed by atoms with E-state index in [0.29, 0.717) is 12.2 Å². The molecule has 1 amide bonds. The number of ether oxygens (including phenoxy) is 1. The molecule has 1 heterocycles. The molecule has 3 rings (SSSR count). The van der Waals surface area contributed by atoms with Crippen molar-refractivity contribution in [3.05, 3.63) is 53.6 Å². The number of amides is 1. The first kappa shape index (κ1) is 19.2. The number of fused-ring (bicyclic) bond motifs is 1. The van der Waals surface area contributed by atoms with Gasteiger partial charge in [0.1, 0.15) is 12.3 Å². The number of benzene rings is 2. The molecule has 1 aliphatic rings. The molecule has 0 aromatic heterocycles. The van der Waals surface area contributed by atoms with Crippen LogP contribution in [0.4, 0.5) is 11.4 Å². The number of methoxy groups -OCH3 is 1. The van der Waals surface area contributed by atoms with Crippen LogP contribution in [0.2, 0.25) is 0 Å². The topological polar surface area (TPSA) is 66.9 Å². The largest absolute Gasteiger partial charge is 0.497 e. The van der Waals surface area contributed by atoms with Crippen molar-refractivity contribution in [1.82, 2.24) is 0 Å². The van der Waals surface area contributed by atoms with Gasteiger partial charge in [0.15, 0.2) is 0 Å². The molecular weight excluding hydrogens is 364 g/mol. The van der Waals surface area contributed by atoms with Crippen LogP contribution in [0, 0.1) is 6.92 Å². The van der Waals surface area contributed by atoms with Crippen molar-refractivity contribution in [2.24, 2.45) is 0 Å². The zero-order chi connectivity index (χ0) is 19.6. The first-order valence-electron chi connectivity index (χ1n) is 8.82. The summed E-state index contributed by atoms with van der Waals surface area (Å²) in [6.07, 6.45) is 2.82. The molecule has 0 saturated heterocycles. The summed E-state index contributed by atoms with van der Waals surface area (Å²) in [7, 11) is -1.99. The fourth-order valence-electron chi connectivity index (χ4n) is 3.39. The Labute approximate surface area is 160 Å². The molecule has 0 spiro atoms. The van der Waals surface area contributed by atoms with Crippen molar-refractivity contribution in [2.75, 3.05) is 35.7 Å². The number of anilines is 2. The lowest BCUT2D eigenvalue weighted by atomic mass is 10.0. The van der Waals surface area contributed by atoms with Crippen molar-refractivity contribution in [3.63, 3.8) is 0 Å². The number of sulfonamides is 1. The molecule has 0 atom stereocenters. The molecule has 0 bridgehead atoms. The Bertz CT molecular complexity index is 956. The second-order valence-corrected chi connectivity index (χ2v) is 8.61. The van der Waals surface area contributed by atoms with Gasteiger partial charge in [0.25, 0.3) is 0 Å². The minimum atomic E-state index is -3.60. The van der Waals surface area contributed by atoms with E-state index in [1.165, 1.54) is 4.31 Å². The third kappa shape index (κ3) is 4.08. The van der Waals surface area contributed by atoms with Crippen molar-refractivity contribution >= 4 is 27.3 Å². The Morgan fingerprint density at radius 1 is 1.22 bits per heavy atom. The molecule has 7 heteroatoms. The summed E-state index contributed by atoms with van der Waals surface area (Å²) in [5.74, 6) is 0.510. The molecule has 27 heavy (non-hydrogen) atoms. The van der Waals surface area contributed by atoms with Gasteiger partial charge in [0.2, 0.25) is 15.9 Å². The lowest BCUT2D eigenvalue weighted by Gasteiger charge is -2.32. The number of para-hydroxylation sites is 1. The highest BCUT2D eigenvalue weighted by Crippen LogP contribution is 2.31. The smallest absolute Gasteiger partial charge is 0.247 e. The molecule has 0 fully saturated rings. The summed E-state index contributed by atoms with van der Waals surface area (Å²) < 4.78 is 31.2. The van der Waals surface area contributed by atoms with Crippen molar-refractivity contribution in [2.45, 2.75) is 19.8 Å². The first-order chi connectivity index (χ1) is 12.8. The third-order valence-electron chi connectivity index (χ3n) is 4.77. The molecule has 144 valence electrons. The van der Waals surface area contributed by atoms with Crippen molar-refractivity contribution in [3.8, 4) is 5.75 Å². The van der Waals surface area contributed by atoms with Gasteiger partial charge in [-0.25, -0.2) is 8.42 Å². The molecule has 0 aliphatic carbocycles. The summed E-state index contributed by atoms with van der Waals surface area (Å²) in [5.41, 5.74) is 3.20. The monoisotopic (exact) mass is 388 g/mol. The second kappa shape index (κ2) is 7.60. The maximum Gasteiger partial charge on any atom is 0.247 e. The number of hydrogen-bond donors (Lipinski definition) is 0. The zero-order valence-electron chi connectivity index (χ0n) is 15.8. The van der Waals surface area contributed by atoms with Gasteiger partial charge in [-0.15, -0.1) is 0 Å². The average Bonchev–Trinajstić information content (AvgIpc) is 2.64. The summed E-state index contributed by atoms with van der Waals surface area (Å²) in [6.45, 7) is 2.18. The molecule has 6 nitrogen and oxygen atoms in total. The summed E-state index contributed by atoms with van der Waals surface area (Å²) >= 11 is 0. The highest BCUT2D eigenvalue weighted by atomic mass is 32.2. The highest BCUT2D eigenvalue weighted by molar-refractivity contribution is 7.92. The van der Waals surface area contributed by atoms with Gasteiger partial charge >= 0.3 is 0 Å². The predicted octanol–water partition coefficient (Wildman–Crippen LogP) is 2.75. The van der Waals surface area contributed by atoms with Crippen molar-refractivity contribution in [1.29, 1.82) is 0 Å². The number of carbonyl (C=O) groups excluding carboxylic acids is 1. The van der Waals surface area contributed by atoms with Crippen LogP contribution in [0.3, 0.4) is 0 Å². The van der Waals surface area contributed by atoms with Gasteiger partial charge in [-0.2, -0.15) is 0 Å². The van der Waals surface area contributed by atoms with E-state index in [-0.39, 0.29) is 12.5 Å². The Kier molecular flexibility index (Phi) is 5.41. The standard InChI is InChI=1S/C20H24N2O4S/c1-15-7-4-5-9-18(15)22(27(3,24)25)14-20(23)21-12-6-8-16-13-17(26-2)10-11-19(16)21/h4-5,7,9-11,13H,6,8,12,14H2,1-3H3. The number of rotatable bonds is 5. The van der Waals surface area contributed by atoms with E-state index >= 15 is 0 Å². The molecule has 2 aromatic rings. The SMILES string of the molecule is COc1ccc2c(c1)CCCN2C(=O)CN(c1ccccc1C)S(C)(=O)=O. The quantitative estimate of drug-likeness (QED) is 0.790. The van der Waals surface area contributed by atoms with Crippen LogP contribution in [0.25, 0.3) is 0 Å². The molecule has 0 N–H and O–H groups in total. The van der Waals surface area contributed by atoms with Crippen LogP contribution in [-0.4, -0.2) is 40.8 Å². The highest BCUT2D eigenvalue weighted by Gasteiger charge is 2.28. The van der Waals surface area contributed by atoms with Gasteiger partial charge in [0.05, 0.1) is 19.1 Å². The molecule has 0 unspecified atom stereocenters. The summed E-state index contributed by atoms with van der Waals surface area (Å²) in [5, 5.41) is 0. The lowest BCUT2D eigenvalue weighted by Crippen LogP contribution is -2.44. The Morgan fingerprint density at radius 3 is 2.63 bits per heavy atom. The number of hydrogen-bond acceptors (Lipinski definition) is 4. The van der Waals surface area contributed by atoms with Crippen LogP contribution in [-0.2, 0) is 21.2 Å². The van der Waals surface area contributed by atoms with Crippen LogP contribution in [0.5, 0.6) is 5.75 Å². The minimum absolute atomic E-state index is 0.227. The Hall–Kier alpha value is -2.54. The van der Waals surface area contributed by atoms with Crippen LogP contribution >= 0.6 is 0 Å². The Balaban J connectivity index is 1.91. The first-order valence-corrected chi connectivity index (χ1v) is 10.7. The van der Waals surface area contributed by atoms with Gasteiger partial charge in [0, 0.05) is 12.2 Å². The number of aryl methyl sites for hydroxylation is 2. The molecule has 2 aromatic carbocycles. The minimum Gasteiger partial charge on any atom is -0.497 e. The van der Waals surface area contributed by atoms with E-state index in [4.69, 9.17) is 4.74 Å². The van der Waals surface area contributed by atoms with Gasteiger partial charge in [-0.05, 0) is 55.2 Å². The fraction of sp³-hybridized carbons (Fsp3) is 0.350. The third-order valence-corrected chi connectivity index (χ3v) is 5.90. The maximum atomic E-state index is 13.0. The molecular formula is C20H24N2O4S. The Morgan fingerprint density at radius 2 is 1.96 bits per heavy atom. The number of nitrogens with zero attached hydrogens (tertiary/aromatic N) is 2. The average molecular weight is 388 g/mol. The summed E-state index contributed by atoms with van der Waals surface area (Å²) in [6, 6.07) is 12.8. The molecule has 0 radical (unpaired) electrons. The van der Waals surface area contributed by atoms with E-state index in [0.717, 1.165) is 41.7 Å². The van der Waals surface area contributed by atoms with Gasteiger partial charge in [-0.1, -0.05) is 18.2 Å². The van der Waals surface area contributed by atoms with Crippen molar-refractivity contribution < 1.29 is 17.9 Å². The maximum absolute atomic E-state index is 13.0. The van der Waals surface area contributed by atoms with E-state index in [1.807, 2.05) is 37.3 Å². The van der Waals surface area contributed by atoms with E-state index in [2.05, 4.69) is 0 Å². The summed E-state index contributed by atoms with van der Waals surface area (Å²) in [4.78, 5) is 14.7. The number of carbonyl (C=O) groups is 1. The van der Waals surface area contributed by atoms with Crippen LogP contribution in [0.15, 0.2) is 42.5 Å².